The molecular weight excluding hydrogens is 288 g/mol. The highest BCUT2D eigenvalue weighted by molar-refractivity contribution is 5.82. The molecule has 0 aromatic carbocycles. The Bertz CT molecular complexity index is 698. The van der Waals surface area contributed by atoms with Crippen molar-refractivity contribution in [1.82, 2.24) is 19.6 Å². The molecule has 0 spiro atoms. The zero-order valence-electron chi connectivity index (χ0n) is 14.3. The summed E-state index contributed by atoms with van der Waals surface area (Å²) in [5.41, 5.74) is 3.07. The minimum absolute atomic E-state index is 0.223. The van der Waals surface area contributed by atoms with Gasteiger partial charge in [0.15, 0.2) is 0 Å². The van der Waals surface area contributed by atoms with Crippen LogP contribution in [0, 0.1) is 12.3 Å². The van der Waals surface area contributed by atoms with Gasteiger partial charge in [-0.05, 0) is 31.9 Å². The van der Waals surface area contributed by atoms with Gasteiger partial charge < -0.3 is 14.6 Å². The number of aromatic nitrogens is 2. The van der Waals surface area contributed by atoms with E-state index in [1.165, 1.54) is 5.69 Å². The van der Waals surface area contributed by atoms with Crippen LogP contribution in [-0.2, 0) is 11.3 Å². The number of nitrogens with zero attached hydrogens (tertiary/aromatic N) is 3. The molecule has 0 unspecified atom stereocenters. The van der Waals surface area contributed by atoms with Crippen molar-refractivity contribution in [2.24, 2.45) is 5.41 Å². The van der Waals surface area contributed by atoms with Crippen LogP contribution in [0.4, 0.5) is 0 Å². The van der Waals surface area contributed by atoms with E-state index in [-0.39, 0.29) is 11.3 Å². The number of pyridine rings is 1. The van der Waals surface area contributed by atoms with E-state index in [1.807, 2.05) is 32.4 Å². The molecular formula is C18H26N4O. The van der Waals surface area contributed by atoms with Gasteiger partial charge in [0, 0.05) is 32.9 Å². The van der Waals surface area contributed by atoms with Crippen LogP contribution in [0.5, 0.6) is 0 Å². The van der Waals surface area contributed by atoms with Crippen LogP contribution in [0.25, 0.3) is 5.65 Å². The number of amides is 1. The lowest BCUT2D eigenvalue weighted by atomic mass is 9.84. The lowest BCUT2D eigenvalue weighted by molar-refractivity contribution is -0.139. The number of imidazole rings is 1. The fourth-order valence-electron chi connectivity index (χ4n) is 3.82. The van der Waals surface area contributed by atoms with Gasteiger partial charge in [0.1, 0.15) is 5.65 Å². The third-order valence-corrected chi connectivity index (χ3v) is 4.99. The van der Waals surface area contributed by atoms with Gasteiger partial charge in [0.2, 0.25) is 5.91 Å². The molecule has 2 aromatic rings. The van der Waals surface area contributed by atoms with Crippen LogP contribution < -0.4 is 5.32 Å². The summed E-state index contributed by atoms with van der Waals surface area (Å²) in [6.45, 7) is 3.56. The highest BCUT2D eigenvalue weighted by atomic mass is 16.2. The molecule has 0 aliphatic heterocycles. The van der Waals surface area contributed by atoms with Crippen molar-refractivity contribution in [2.75, 3.05) is 20.6 Å². The smallest absolute Gasteiger partial charge is 0.229 e. The van der Waals surface area contributed by atoms with Gasteiger partial charge >= 0.3 is 0 Å². The van der Waals surface area contributed by atoms with Crippen LogP contribution in [0.3, 0.4) is 0 Å². The zero-order valence-corrected chi connectivity index (χ0v) is 14.3. The van der Waals surface area contributed by atoms with E-state index in [2.05, 4.69) is 27.7 Å². The monoisotopic (exact) mass is 314 g/mol. The first-order valence-electron chi connectivity index (χ1n) is 8.38. The number of aryl methyl sites for hydroxylation is 1. The third-order valence-electron chi connectivity index (χ3n) is 4.99. The van der Waals surface area contributed by atoms with E-state index >= 15 is 0 Å². The quantitative estimate of drug-likeness (QED) is 0.922. The molecule has 0 saturated heterocycles. The Morgan fingerprint density at radius 1 is 1.35 bits per heavy atom. The number of rotatable bonds is 5. The number of fused-ring (bicyclic) bond motifs is 1. The lowest BCUT2D eigenvalue weighted by Gasteiger charge is -2.31. The largest absolute Gasteiger partial charge is 0.348 e. The van der Waals surface area contributed by atoms with Gasteiger partial charge in [-0.25, -0.2) is 4.98 Å². The molecule has 0 radical (unpaired) electrons. The summed E-state index contributed by atoms with van der Waals surface area (Å²) in [5, 5.41) is 3.52. The summed E-state index contributed by atoms with van der Waals surface area (Å²) in [4.78, 5) is 18.8. The predicted octanol–water partition coefficient (Wildman–Crippen LogP) is 2.38. The van der Waals surface area contributed by atoms with Crippen molar-refractivity contribution in [3.05, 3.63) is 35.8 Å². The number of hydrogen-bond donors (Lipinski definition) is 1. The molecule has 5 heteroatoms. The van der Waals surface area contributed by atoms with Gasteiger partial charge in [-0.15, -0.1) is 0 Å². The van der Waals surface area contributed by atoms with Gasteiger partial charge in [-0.1, -0.05) is 18.9 Å². The maximum atomic E-state index is 12.6. The SMILES string of the molecule is Cc1cccc2ncc(CNCC3(C(=O)N(C)C)CCCC3)n12. The molecule has 2 aromatic heterocycles. The first kappa shape index (κ1) is 16.0. The second-order valence-corrected chi connectivity index (χ2v) is 6.90. The summed E-state index contributed by atoms with van der Waals surface area (Å²) in [5.74, 6) is 0.261. The molecule has 3 rings (SSSR count). The van der Waals surface area contributed by atoms with Gasteiger partial charge in [-0.3, -0.25) is 4.79 Å². The van der Waals surface area contributed by atoms with Crippen molar-refractivity contribution >= 4 is 11.6 Å². The summed E-state index contributed by atoms with van der Waals surface area (Å²) in [7, 11) is 3.71. The van der Waals surface area contributed by atoms with Crippen molar-refractivity contribution in [3.8, 4) is 0 Å². The Labute approximate surface area is 137 Å². The zero-order chi connectivity index (χ0) is 16.4. The average molecular weight is 314 g/mol. The second-order valence-electron chi connectivity index (χ2n) is 6.90. The summed E-state index contributed by atoms with van der Waals surface area (Å²) < 4.78 is 2.17. The standard InChI is InChI=1S/C18H26N4O/c1-14-7-6-8-16-20-12-15(22(14)16)11-19-13-18(9-4-5-10-18)17(23)21(2)3/h6-8,12,19H,4-5,9-11,13H2,1-3H3. The number of nitrogens with one attached hydrogen (secondary N) is 1. The Balaban J connectivity index is 1.71. The predicted molar refractivity (Wildman–Crippen MR) is 91.2 cm³/mol. The molecule has 1 saturated carbocycles. The normalized spacial score (nSPS) is 16.8. The highest BCUT2D eigenvalue weighted by Crippen LogP contribution is 2.39. The fourth-order valence-corrected chi connectivity index (χ4v) is 3.82. The van der Waals surface area contributed by atoms with E-state index in [0.717, 1.165) is 50.1 Å². The lowest BCUT2D eigenvalue weighted by Crippen LogP contribution is -2.45. The van der Waals surface area contributed by atoms with Gasteiger partial charge in [0.05, 0.1) is 17.3 Å². The average Bonchev–Trinajstić information content (AvgIpc) is 3.15. The number of carbonyl (C=O) groups excluding carboxylic acids is 1. The molecule has 5 nitrogen and oxygen atoms in total. The van der Waals surface area contributed by atoms with E-state index in [4.69, 9.17) is 0 Å². The molecule has 0 atom stereocenters. The van der Waals surface area contributed by atoms with E-state index in [0.29, 0.717) is 0 Å². The van der Waals surface area contributed by atoms with Crippen LogP contribution in [0.1, 0.15) is 37.1 Å². The highest BCUT2D eigenvalue weighted by Gasteiger charge is 2.41. The molecule has 124 valence electrons. The van der Waals surface area contributed by atoms with E-state index in [1.54, 1.807) is 4.90 Å². The van der Waals surface area contributed by atoms with Crippen LogP contribution in [0.15, 0.2) is 24.4 Å². The van der Waals surface area contributed by atoms with Crippen molar-refractivity contribution in [3.63, 3.8) is 0 Å². The third kappa shape index (κ3) is 2.98. The molecule has 1 N–H and O–H groups in total. The van der Waals surface area contributed by atoms with Crippen molar-refractivity contribution < 1.29 is 4.79 Å². The van der Waals surface area contributed by atoms with Crippen molar-refractivity contribution in [1.29, 1.82) is 0 Å². The molecule has 0 bridgehead atoms. The fraction of sp³-hybridized carbons (Fsp3) is 0.556. The first-order valence-corrected chi connectivity index (χ1v) is 8.38. The first-order chi connectivity index (χ1) is 11.0. The summed E-state index contributed by atoms with van der Waals surface area (Å²) >= 11 is 0. The van der Waals surface area contributed by atoms with Crippen LogP contribution >= 0.6 is 0 Å². The Morgan fingerprint density at radius 2 is 2.09 bits per heavy atom. The van der Waals surface area contributed by atoms with Crippen molar-refractivity contribution in [2.45, 2.75) is 39.2 Å². The number of carbonyl (C=O) groups is 1. The maximum Gasteiger partial charge on any atom is 0.229 e. The van der Waals surface area contributed by atoms with Crippen LogP contribution in [-0.4, -0.2) is 40.8 Å². The summed E-state index contributed by atoms with van der Waals surface area (Å²) in [6.07, 6.45) is 6.20. The maximum absolute atomic E-state index is 12.6. The van der Waals surface area contributed by atoms with E-state index < -0.39 is 0 Å². The van der Waals surface area contributed by atoms with Gasteiger partial charge in [0.25, 0.3) is 0 Å². The Morgan fingerprint density at radius 3 is 2.78 bits per heavy atom. The van der Waals surface area contributed by atoms with Crippen LogP contribution in [0.2, 0.25) is 0 Å². The second kappa shape index (κ2) is 6.32. The minimum atomic E-state index is -0.223. The molecule has 23 heavy (non-hydrogen) atoms. The molecule has 1 aliphatic carbocycles. The molecule has 1 aliphatic rings. The van der Waals surface area contributed by atoms with E-state index in [9.17, 15) is 4.79 Å². The molecule has 1 fully saturated rings. The topological polar surface area (TPSA) is 49.6 Å². The van der Waals surface area contributed by atoms with Gasteiger partial charge in [-0.2, -0.15) is 0 Å². The number of hydrogen-bond acceptors (Lipinski definition) is 3. The summed E-state index contributed by atoms with van der Waals surface area (Å²) in [6, 6.07) is 6.13. The Kier molecular flexibility index (Phi) is 4.39. The minimum Gasteiger partial charge on any atom is -0.348 e. The Hall–Kier alpha value is -1.88. The molecule has 2 heterocycles. The molecule has 1 amide bonds.